The molecular weight excluding hydrogens is 296 g/mol. The normalized spacial score (nSPS) is 16.1. The molecule has 2 aromatic heterocycles. The van der Waals surface area contributed by atoms with Crippen LogP contribution in [0, 0.1) is 6.92 Å². The van der Waals surface area contributed by atoms with Gasteiger partial charge in [0.25, 0.3) is 0 Å². The number of aromatic nitrogens is 5. The summed E-state index contributed by atoms with van der Waals surface area (Å²) in [5.41, 5.74) is 1.93. The lowest BCUT2D eigenvalue weighted by Crippen LogP contribution is -2.47. The molecule has 1 aliphatic heterocycles. The van der Waals surface area contributed by atoms with Crippen LogP contribution in [0.25, 0.3) is 0 Å². The van der Waals surface area contributed by atoms with Crippen molar-refractivity contribution in [1.29, 1.82) is 0 Å². The van der Waals surface area contributed by atoms with Crippen LogP contribution in [0.5, 0.6) is 0 Å². The van der Waals surface area contributed by atoms with Crippen molar-refractivity contribution < 1.29 is 9.90 Å². The van der Waals surface area contributed by atoms with Crippen LogP contribution in [-0.2, 0) is 13.6 Å². The Morgan fingerprint density at radius 2 is 2.24 bits per heavy atom. The van der Waals surface area contributed by atoms with Crippen molar-refractivity contribution in [2.45, 2.75) is 19.5 Å². The molecular formula is C12H15ClN6O2. The summed E-state index contributed by atoms with van der Waals surface area (Å²) in [6, 6.07) is 0.154. The lowest BCUT2D eigenvalue weighted by molar-refractivity contribution is 0.0690. The molecule has 0 amide bonds. The van der Waals surface area contributed by atoms with E-state index in [2.05, 4.69) is 20.3 Å². The number of hydrogen-bond donors (Lipinski definition) is 1. The molecule has 1 aliphatic rings. The molecule has 8 nitrogen and oxygen atoms in total. The van der Waals surface area contributed by atoms with Crippen LogP contribution in [-0.4, -0.2) is 53.8 Å². The minimum Gasteiger partial charge on any atom is -0.476 e. The number of likely N-dealkylation sites (tertiary alicyclic amines) is 1. The molecule has 1 fully saturated rings. The highest BCUT2D eigenvalue weighted by atomic mass is 35.5. The van der Waals surface area contributed by atoms with E-state index in [1.54, 1.807) is 9.36 Å². The quantitative estimate of drug-likeness (QED) is 0.895. The summed E-state index contributed by atoms with van der Waals surface area (Å²) in [7, 11) is 1.82. The van der Waals surface area contributed by atoms with Crippen LogP contribution < -0.4 is 0 Å². The van der Waals surface area contributed by atoms with E-state index < -0.39 is 5.97 Å². The average molecular weight is 311 g/mol. The summed E-state index contributed by atoms with van der Waals surface area (Å²) in [6.07, 6.45) is 1.46. The van der Waals surface area contributed by atoms with E-state index in [0.717, 1.165) is 30.9 Å². The van der Waals surface area contributed by atoms with Gasteiger partial charge in [0, 0.05) is 32.2 Å². The molecule has 2 aromatic rings. The third-order valence-electron chi connectivity index (χ3n) is 3.69. The largest absolute Gasteiger partial charge is 0.476 e. The Morgan fingerprint density at radius 3 is 2.76 bits per heavy atom. The number of aryl methyl sites for hydroxylation is 2. The zero-order chi connectivity index (χ0) is 15.1. The van der Waals surface area contributed by atoms with Gasteiger partial charge in [0.1, 0.15) is 5.15 Å². The van der Waals surface area contributed by atoms with Gasteiger partial charge in [-0.2, -0.15) is 5.10 Å². The average Bonchev–Trinajstić information content (AvgIpc) is 2.93. The molecule has 1 N–H and O–H groups in total. The molecule has 0 aliphatic carbocycles. The predicted molar refractivity (Wildman–Crippen MR) is 74.3 cm³/mol. The SMILES string of the molecule is Cc1nn(C)c(Cl)c1CN1CC(n2cc(C(=O)O)nn2)C1. The Morgan fingerprint density at radius 1 is 1.52 bits per heavy atom. The van der Waals surface area contributed by atoms with Gasteiger partial charge < -0.3 is 5.11 Å². The predicted octanol–water partition coefficient (Wildman–Crippen LogP) is 0.729. The van der Waals surface area contributed by atoms with Crippen molar-refractivity contribution in [3.8, 4) is 0 Å². The summed E-state index contributed by atoms with van der Waals surface area (Å²) >= 11 is 6.21. The highest BCUT2D eigenvalue weighted by molar-refractivity contribution is 6.30. The first kappa shape index (κ1) is 14.0. The zero-order valence-electron chi connectivity index (χ0n) is 11.7. The molecule has 0 aromatic carbocycles. The smallest absolute Gasteiger partial charge is 0.358 e. The number of carboxylic acid groups (broad SMARTS) is 1. The number of halogens is 1. The Bertz CT molecular complexity index is 688. The first-order valence-electron chi connectivity index (χ1n) is 6.51. The van der Waals surface area contributed by atoms with Gasteiger partial charge >= 0.3 is 5.97 Å². The van der Waals surface area contributed by atoms with Gasteiger partial charge in [0.15, 0.2) is 5.69 Å². The maximum atomic E-state index is 10.8. The second-order valence-corrected chi connectivity index (χ2v) is 5.57. The summed E-state index contributed by atoms with van der Waals surface area (Å²) in [4.78, 5) is 13.0. The number of carbonyl (C=O) groups is 1. The van der Waals surface area contributed by atoms with Crippen molar-refractivity contribution in [2.75, 3.05) is 13.1 Å². The fourth-order valence-electron chi connectivity index (χ4n) is 2.47. The van der Waals surface area contributed by atoms with Crippen molar-refractivity contribution in [1.82, 2.24) is 29.7 Å². The van der Waals surface area contributed by atoms with E-state index in [-0.39, 0.29) is 11.7 Å². The molecule has 0 atom stereocenters. The number of hydrogen-bond acceptors (Lipinski definition) is 5. The van der Waals surface area contributed by atoms with Crippen LogP contribution in [0.2, 0.25) is 5.15 Å². The number of aromatic carboxylic acids is 1. The van der Waals surface area contributed by atoms with Gasteiger partial charge in [-0.05, 0) is 6.92 Å². The molecule has 1 saturated heterocycles. The second kappa shape index (κ2) is 5.12. The highest BCUT2D eigenvalue weighted by Gasteiger charge is 2.31. The Hall–Kier alpha value is -1.93. The molecule has 9 heteroatoms. The highest BCUT2D eigenvalue weighted by Crippen LogP contribution is 2.26. The Kier molecular flexibility index (Phi) is 3.42. The maximum Gasteiger partial charge on any atom is 0.358 e. The number of carboxylic acids is 1. The van der Waals surface area contributed by atoms with Crippen molar-refractivity contribution in [3.05, 3.63) is 28.3 Å². The standard InChI is InChI=1S/C12H15ClN6O2/c1-7-9(11(13)17(2)15-7)5-18-3-8(4-18)19-6-10(12(20)21)14-16-19/h6,8H,3-5H2,1-2H3,(H,20,21). The van der Waals surface area contributed by atoms with Gasteiger partial charge in [-0.1, -0.05) is 16.8 Å². The monoisotopic (exact) mass is 310 g/mol. The van der Waals surface area contributed by atoms with E-state index >= 15 is 0 Å². The zero-order valence-corrected chi connectivity index (χ0v) is 12.4. The first-order valence-corrected chi connectivity index (χ1v) is 6.89. The molecule has 21 heavy (non-hydrogen) atoms. The summed E-state index contributed by atoms with van der Waals surface area (Å²) in [5, 5.41) is 21.3. The van der Waals surface area contributed by atoms with E-state index in [9.17, 15) is 4.79 Å². The van der Waals surface area contributed by atoms with Crippen molar-refractivity contribution in [2.24, 2.45) is 7.05 Å². The first-order chi connectivity index (χ1) is 9.95. The number of nitrogens with zero attached hydrogens (tertiary/aromatic N) is 6. The Labute approximate surface area is 125 Å². The van der Waals surface area contributed by atoms with E-state index in [0.29, 0.717) is 5.15 Å². The third kappa shape index (κ3) is 2.52. The Balaban J connectivity index is 1.61. The second-order valence-electron chi connectivity index (χ2n) is 5.22. The molecule has 0 unspecified atom stereocenters. The number of rotatable bonds is 4. The van der Waals surface area contributed by atoms with Gasteiger partial charge in [-0.25, -0.2) is 9.48 Å². The fraction of sp³-hybridized carbons (Fsp3) is 0.500. The van der Waals surface area contributed by atoms with E-state index in [1.807, 2.05) is 14.0 Å². The van der Waals surface area contributed by atoms with E-state index in [4.69, 9.17) is 16.7 Å². The lowest BCUT2D eigenvalue weighted by Gasteiger charge is -2.38. The van der Waals surface area contributed by atoms with Crippen LogP contribution in [0.3, 0.4) is 0 Å². The van der Waals surface area contributed by atoms with Gasteiger partial charge in [-0.3, -0.25) is 9.58 Å². The van der Waals surface area contributed by atoms with Crippen molar-refractivity contribution >= 4 is 17.6 Å². The van der Waals surface area contributed by atoms with E-state index in [1.165, 1.54) is 6.20 Å². The molecule has 3 heterocycles. The lowest BCUT2D eigenvalue weighted by atomic mass is 10.1. The van der Waals surface area contributed by atoms with Gasteiger partial charge in [0.2, 0.25) is 0 Å². The van der Waals surface area contributed by atoms with Crippen LogP contribution >= 0.6 is 11.6 Å². The summed E-state index contributed by atoms with van der Waals surface area (Å²) in [5.74, 6) is -1.06. The van der Waals surface area contributed by atoms with Crippen molar-refractivity contribution in [3.63, 3.8) is 0 Å². The summed E-state index contributed by atoms with van der Waals surface area (Å²) < 4.78 is 3.28. The minimum atomic E-state index is -1.06. The molecule has 112 valence electrons. The minimum absolute atomic E-state index is 0.0281. The molecule has 3 rings (SSSR count). The summed E-state index contributed by atoms with van der Waals surface area (Å²) in [6.45, 7) is 4.24. The molecule has 0 spiro atoms. The molecule has 0 bridgehead atoms. The van der Waals surface area contributed by atoms with Crippen LogP contribution in [0.15, 0.2) is 6.20 Å². The fourth-order valence-corrected chi connectivity index (χ4v) is 2.70. The molecule has 0 radical (unpaired) electrons. The molecule has 0 saturated carbocycles. The topological polar surface area (TPSA) is 89.1 Å². The van der Waals surface area contributed by atoms with Gasteiger partial charge in [0.05, 0.1) is 17.9 Å². The van der Waals surface area contributed by atoms with Crippen LogP contribution in [0.1, 0.15) is 27.8 Å². The van der Waals surface area contributed by atoms with Crippen LogP contribution in [0.4, 0.5) is 0 Å². The maximum absolute atomic E-state index is 10.8. The van der Waals surface area contributed by atoms with Gasteiger partial charge in [-0.15, -0.1) is 5.10 Å². The third-order valence-corrected chi connectivity index (χ3v) is 4.17.